The third-order valence-corrected chi connectivity index (χ3v) is 7.35. The van der Waals surface area contributed by atoms with E-state index in [1.807, 2.05) is 0 Å². The summed E-state index contributed by atoms with van der Waals surface area (Å²) in [6.45, 7) is 10.5. The summed E-state index contributed by atoms with van der Waals surface area (Å²) in [6.07, 6.45) is 9.68. The molecular formula is C21H42IN3O3S. The van der Waals surface area contributed by atoms with Crippen LogP contribution in [0.2, 0.25) is 0 Å². The first kappa shape index (κ1) is 26.9. The van der Waals surface area contributed by atoms with Crippen molar-refractivity contribution >= 4 is 39.8 Å². The van der Waals surface area contributed by atoms with Gasteiger partial charge in [-0.15, -0.1) is 24.0 Å². The van der Waals surface area contributed by atoms with Crippen LogP contribution < -0.4 is 10.6 Å². The molecule has 0 amide bonds. The maximum absolute atomic E-state index is 11.5. The van der Waals surface area contributed by atoms with E-state index in [4.69, 9.17) is 9.73 Å². The summed E-state index contributed by atoms with van der Waals surface area (Å²) in [7, 11) is -2.94. The second-order valence-corrected chi connectivity index (χ2v) is 11.7. The third kappa shape index (κ3) is 7.83. The lowest BCUT2D eigenvalue weighted by molar-refractivity contribution is -0.145. The van der Waals surface area contributed by atoms with E-state index < -0.39 is 9.84 Å². The standard InChI is InChI=1S/C21H41N3O3S.HI/c1-6-22-19(23-16-20(3,4)13-14-28(5,25)26)24-17-15-18(27-7-2)21(17)11-9-8-10-12-21;/h17-18H,6-16H2,1-5H3,(H2,22,23,24);1H. The van der Waals surface area contributed by atoms with Crippen molar-refractivity contribution in [2.45, 2.75) is 84.8 Å². The Morgan fingerprint density at radius 2 is 1.86 bits per heavy atom. The van der Waals surface area contributed by atoms with Crippen molar-refractivity contribution in [3.05, 3.63) is 0 Å². The van der Waals surface area contributed by atoms with Gasteiger partial charge in [0.25, 0.3) is 0 Å². The third-order valence-electron chi connectivity index (χ3n) is 6.41. The van der Waals surface area contributed by atoms with Crippen LogP contribution in [-0.2, 0) is 14.6 Å². The van der Waals surface area contributed by atoms with Gasteiger partial charge in [0.05, 0.1) is 11.9 Å². The molecule has 2 rings (SSSR count). The van der Waals surface area contributed by atoms with Gasteiger partial charge in [0.1, 0.15) is 9.84 Å². The Balaban J connectivity index is 0.00000420. The molecule has 2 atom stereocenters. The van der Waals surface area contributed by atoms with E-state index in [0.29, 0.717) is 25.1 Å². The highest BCUT2D eigenvalue weighted by molar-refractivity contribution is 14.0. The minimum atomic E-state index is -2.94. The summed E-state index contributed by atoms with van der Waals surface area (Å²) in [4.78, 5) is 4.82. The first-order valence-corrected chi connectivity index (χ1v) is 13.0. The van der Waals surface area contributed by atoms with Gasteiger partial charge in [0.2, 0.25) is 0 Å². The summed E-state index contributed by atoms with van der Waals surface area (Å²) in [5.41, 5.74) is 0.0949. The van der Waals surface area contributed by atoms with Gasteiger partial charge in [-0.05, 0) is 44.9 Å². The fourth-order valence-electron chi connectivity index (χ4n) is 4.58. The minimum Gasteiger partial charge on any atom is -0.378 e. The van der Waals surface area contributed by atoms with Crippen LogP contribution in [0.15, 0.2) is 4.99 Å². The van der Waals surface area contributed by atoms with Crippen molar-refractivity contribution < 1.29 is 13.2 Å². The highest BCUT2D eigenvalue weighted by Gasteiger charge is 2.55. The number of rotatable bonds is 9. The van der Waals surface area contributed by atoms with Crippen LogP contribution in [0.25, 0.3) is 0 Å². The Morgan fingerprint density at radius 3 is 2.41 bits per heavy atom. The van der Waals surface area contributed by atoms with Crippen molar-refractivity contribution in [1.82, 2.24) is 10.6 Å². The quantitative estimate of drug-likeness (QED) is 0.263. The Morgan fingerprint density at radius 1 is 1.21 bits per heavy atom. The number of hydrogen-bond donors (Lipinski definition) is 2. The van der Waals surface area contributed by atoms with E-state index in [0.717, 1.165) is 25.5 Å². The number of aliphatic imine (C=N–C) groups is 1. The first-order chi connectivity index (χ1) is 13.1. The van der Waals surface area contributed by atoms with Crippen LogP contribution in [0.1, 0.15) is 72.6 Å². The van der Waals surface area contributed by atoms with Gasteiger partial charge in [-0.25, -0.2) is 8.42 Å². The van der Waals surface area contributed by atoms with Crippen LogP contribution in [0.4, 0.5) is 0 Å². The van der Waals surface area contributed by atoms with E-state index in [1.165, 1.54) is 38.4 Å². The number of ether oxygens (including phenoxy) is 1. The van der Waals surface area contributed by atoms with Gasteiger partial charge in [0.15, 0.2) is 5.96 Å². The smallest absolute Gasteiger partial charge is 0.191 e. The van der Waals surface area contributed by atoms with E-state index in [2.05, 4.69) is 38.3 Å². The lowest BCUT2D eigenvalue weighted by Crippen LogP contribution is -2.66. The molecule has 2 fully saturated rings. The van der Waals surface area contributed by atoms with Gasteiger partial charge in [-0.1, -0.05) is 33.1 Å². The molecule has 0 aromatic rings. The normalized spacial score (nSPS) is 24.5. The van der Waals surface area contributed by atoms with Crippen LogP contribution in [0, 0.1) is 10.8 Å². The average molecular weight is 544 g/mol. The topological polar surface area (TPSA) is 79.8 Å². The highest BCUT2D eigenvalue weighted by atomic mass is 127. The minimum absolute atomic E-state index is 0. The second-order valence-electron chi connectivity index (χ2n) is 9.41. The predicted octanol–water partition coefficient (Wildman–Crippen LogP) is 3.75. The molecule has 0 aromatic heterocycles. The van der Waals surface area contributed by atoms with E-state index >= 15 is 0 Å². The molecule has 29 heavy (non-hydrogen) atoms. The number of sulfone groups is 1. The lowest BCUT2D eigenvalue weighted by atomic mass is 9.55. The zero-order valence-corrected chi connectivity index (χ0v) is 22.1. The molecule has 0 saturated heterocycles. The number of nitrogens with one attached hydrogen (secondary N) is 2. The molecule has 0 aliphatic heterocycles. The summed E-state index contributed by atoms with van der Waals surface area (Å²) in [5.74, 6) is 1.06. The summed E-state index contributed by atoms with van der Waals surface area (Å²) < 4.78 is 29.1. The molecule has 172 valence electrons. The Bertz CT molecular complexity index is 631. The van der Waals surface area contributed by atoms with Crippen molar-refractivity contribution in [3.63, 3.8) is 0 Å². The SMILES string of the molecule is CCNC(=NCC(C)(C)CCS(C)(=O)=O)NC1CC(OCC)C12CCCCC2.I. The van der Waals surface area contributed by atoms with Crippen molar-refractivity contribution in [3.8, 4) is 0 Å². The molecule has 2 aliphatic rings. The maximum atomic E-state index is 11.5. The van der Waals surface area contributed by atoms with Crippen molar-refractivity contribution in [2.24, 2.45) is 15.8 Å². The molecule has 0 radical (unpaired) electrons. The lowest BCUT2D eigenvalue weighted by Gasteiger charge is -2.58. The molecule has 8 heteroatoms. The average Bonchev–Trinajstić information content (AvgIpc) is 2.64. The zero-order chi connectivity index (χ0) is 20.8. The highest BCUT2D eigenvalue weighted by Crippen LogP contribution is 2.53. The number of halogens is 1. The first-order valence-electron chi connectivity index (χ1n) is 11.0. The monoisotopic (exact) mass is 543 g/mol. The molecular weight excluding hydrogens is 501 g/mol. The van der Waals surface area contributed by atoms with Gasteiger partial charge in [-0.2, -0.15) is 0 Å². The number of nitrogens with zero attached hydrogens (tertiary/aromatic N) is 1. The van der Waals surface area contributed by atoms with Crippen LogP contribution >= 0.6 is 24.0 Å². The maximum Gasteiger partial charge on any atom is 0.191 e. The van der Waals surface area contributed by atoms with Gasteiger partial charge >= 0.3 is 0 Å². The largest absolute Gasteiger partial charge is 0.378 e. The molecule has 6 nitrogen and oxygen atoms in total. The Hall–Kier alpha value is -0.0900. The summed E-state index contributed by atoms with van der Waals surface area (Å²) in [6, 6.07) is 0.404. The van der Waals surface area contributed by atoms with E-state index in [1.54, 1.807) is 0 Å². The Kier molecular flexibility index (Phi) is 10.7. The van der Waals surface area contributed by atoms with E-state index in [-0.39, 0.29) is 40.6 Å². The van der Waals surface area contributed by atoms with Crippen LogP contribution in [0.5, 0.6) is 0 Å². The van der Waals surface area contributed by atoms with E-state index in [9.17, 15) is 8.42 Å². The number of guanidine groups is 1. The molecule has 0 aromatic carbocycles. The van der Waals surface area contributed by atoms with Crippen molar-refractivity contribution in [2.75, 3.05) is 31.7 Å². The number of hydrogen-bond acceptors (Lipinski definition) is 4. The molecule has 0 heterocycles. The van der Waals surface area contributed by atoms with Crippen LogP contribution in [-0.4, -0.2) is 58.2 Å². The van der Waals surface area contributed by atoms with Crippen LogP contribution in [0.3, 0.4) is 0 Å². The fraction of sp³-hybridized carbons (Fsp3) is 0.952. The molecule has 1 spiro atoms. The predicted molar refractivity (Wildman–Crippen MR) is 132 cm³/mol. The molecule has 2 saturated carbocycles. The zero-order valence-electron chi connectivity index (χ0n) is 18.9. The molecule has 0 bridgehead atoms. The van der Waals surface area contributed by atoms with Gasteiger partial charge in [0, 0.05) is 37.4 Å². The molecule has 2 N–H and O–H groups in total. The van der Waals surface area contributed by atoms with Gasteiger partial charge < -0.3 is 15.4 Å². The van der Waals surface area contributed by atoms with Gasteiger partial charge in [-0.3, -0.25) is 4.99 Å². The molecule has 2 unspecified atom stereocenters. The van der Waals surface area contributed by atoms with Crippen molar-refractivity contribution in [1.29, 1.82) is 0 Å². The second kappa shape index (κ2) is 11.5. The fourth-order valence-corrected chi connectivity index (χ4v) is 5.51. The summed E-state index contributed by atoms with van der Waals surface area (Å²) >= 11 is 0. The molecule has 2 aliphatic carbocycles. The Labute approximate surface area is 195 Å². The summed E-state index contributed by atoms with van der Waals surface area (Å²) in [5, 5.41) is 7.06.